The Kier molecular flexibility index (Phi) is 4.57. The second-order valence-corrected chi connectivity index (χ2v) is 6.53. The zero-order chi connectivity index (χ0) is 14.7. The summed E-state index contributed by atoms with van der Waals surface area (Å²) in [6, 6.07) is 6.27. The van der Waals surface area contributed by atoms with E-state index in [1.165, 1.54) is 6.42 Å². The van der Waals surface area contributed by atoms with E-state index in [-0.39, 0.29) is 5.41 Å². The van der Waals surface area contributed by atoms with Gasteiger partial charge in [-0.1, -0.05) is 6.07 Å². The summed E-state index contributed by atoms with van der Waals surface area (Å²) >= 11 is 0. The molecular weight excluding hydrogens is 264 g/mol. The lowest BCUT2D eigenvalue weighted by Gasteiger charge is -2.50. The molecule has 2 saturated heterocycles. The Bertz CT molecular complexity index is 476. The minimum atomic E-state index is 0.176. The average molecular weight is 290 g/mol. The van der Waals surface area contributed by atoms with Crippen molar-refractivity contribution in [2.24, 2.45) is 5.41 Å². The molecule has 2 aliphatic heterocycles. The van der Waals surface area contributed by atoms with E-state index < -0.39 is 0 Å². The lowest BCUT2D eigenvalue weighted by atomic mass is 9.73. The summed E-state index contributed by atoms with van der Waals surface area (Å²) in [5.41, 5.74) is 2.43. The van der Waals surface area contributed by atoms with Crippen molar-refractivity contribution in [3.05, 3.63) is 29.6 Å². The first-order chi connectivity index (χ1) is 10.2. The summed E-state index contributed by atoms with van der Waals surface area (Å²) in [4.78, 5) is 7.16. The van der Waals surface area contributed by atoms with Crippen LogP contribution in [0.2, 0.25) is 0 Å². The fourth-order valence-corrected chi connectivity index (χ4v) is 3.93. The fourth-order valence-electron chi connectivity index (χ4n) is 3.93. The van der Waals surface area contributed by atoms with Crippen LogP contribution >= 0.6 is 0 Å². The van der Waals surface area contributed by atoms with Gasteiger partial charge >= 0.3 is 0 Å². The van der Waals surface area contributed by atoms with Gasteiger partial charge in [0.05, 0.1) is 18.4 Å². The van der Waals surface area contributed by atoms with Gasteiger partial charge in [0.15, 0.2) is 0 Å². The van der Waals surface area contributed by atoms with E-state index >= 15 is 0 Å². The summed E-state index contributed by atoms with van der Waals surface area (Å²) < 4.78 is 11.6. The van der Waals surface area contributed by atoms with Crippen LogP contribution in [-0.4, -0.2) is 49.4 Å². The van der Waals surface area contributed by atoms with Crippen molar-refractivity contribution in [1.29, 1.82) is 0 Å². The molecule has 2 atom stereocenters. The molecule has 0 N–H and O–H groups in total. The van der Waals surface area contributed by atoms with Gasteiger partial charge in [0, 0.05) is 44.5 Å². The molecule has 3 heterocycles. The number of hydrogen-bond donors (Lipinski definition) is 0. The number of hydrogen-bond acceptors (Lipinski definition) is 4. The molecule has 0 saturated carbocycles. The van der Waals surface area contributed by atoms with Crippen molar-refractivity contribution in [1.82, 2.24) is 9.88 Å². The highest BCUT2D eigenvalue weighted by molar-refractivity contribution is 5.10. The van der Waals surface area contributed by atoms with Crippen molar-refractivity contribution in [3.63, 3.8) is 0 Å². The van der Waals surface area contributed by atoms with Crippen molar-refractivity contribution in [2.75, 3.05) is 33.4 Å². The number of aromatic nitrogens is 1. The van der Waals surface area contributed by atoms with Crippen LogP contribution in [0.5, 0.6) is 0 Å². The smallest absolute Gasteiger partial charge is 0.0677 e. The Hall–Kier alpha value is -0.970. The Morgan fingerprint density at radius 1 is 1.48 bits per heavy atom. The van der Waals surface area contributed by atoms with E-state index in [2.05, 4.69) is 35.0 Å². The van der Waals surface area contributed by atoms with Crippen LogP contribution in [0.1, 0.15) is 30.7 Å². The normalized spacial score (nSPS) is 30.1. The minimum absolute atomic E-state index is 0.176. The standard InChI is InChI=1S/C17H26N2O2/c1-14-5-3-6-15(18-14)11-19-9-7-16-17(12-19,13-20-2)8-4-10-21-16/h3,5-6,16H,4,7-13H2,1-2H3/t16-,17-/m0/s1. The zero-order valence-corrected chi connectivity index (χ0v) is 13.2. The molecule has 21 heavy (non-hydrogen) atoms. The van der Waals surface area contributed by atoms with Gasteiger partial charge < -0.3 is 9.47 Å². The number of fused-ring (bicyclic) bond motifs is 1. The van der Waals surface area contributed by atoms with Gasteiger partial charge in [-0.2, -0.15) is 0 Å². The second-order valence-electron chi connectivity index (χ2n) is 6.53. The largest absolute Gasteiger partial charge is 0.384 e. The number of ether oxygens (including phenoxy) is 2. The highest BCUT2D eigenvalue weighted by Gasteiger charge is 2.45. The van der Waals surface area contributed by atoms with Crippen LogP contribution in [0.3, 0.4) is 0 Å². The number of methoxy groups -OCH3 is 1. The van der Waals surface area contributed by atoms with E-state index in [1.807, 2.05) is 7.11 Å². The van der Waals surface area contributed by atoms with E-state index in [0.29, 0.717) is 6.10 Å². The van der Waals surface area contributed by atoms with Gasteiger partial charge in [0.1, 0.15) is 0 Å². The first-order valence-corrected chi connectivity index (χ1v) is 7.97. The summed E-state index contributed by atoms with van der Waals surface area (Å²) in [6.45, 7) is 6.84. The highest BCUT2D eigenvalue weighted by atomic mass is 16.5. The van der Waals surface area contributed by atoms with E-state index in [9.17, 15) is 0 Å². The Morgan fingerprint density at radius 2 is 2.38 bits per heavy atom. The third kappa shape index (κ3) is 3.28. The Balaban J connectivity index is 1.70. The predicted octanol–water partition coefficient (Wildman–Crippen LogP) is 2.41. The molecule has 0 amide bonds. The average Bonchev–Trinajstić information content (AvgIpc) is 2.47. The third-order valence-electron chi connectivity index (χ3n) is 4.83. The molecule has 3 rings (SSSR count). The Labute approximate surface area is 127 Å². The van der Waals surface area contributed by atoms with Gasteiger partial charge in [0.25, 0.3) is 0 Å². The molecule has 4 nitrogen and oxygen atoms in total. The quantitative estimate of drug-likeness (QED) is 0.853. The number of pyridine rings is 1. The number of rotatable bonds is 4. The monoisotopic (exact) mass is 290 g/mol. The SMILES string of the molecule is COC[C@@]12CCCO[C@H]1CCN(Cc1cccc(C)n1)C2. The van der Waals surface area contributed by atoms with Crippen LogP contribution in [0.4, 0.5) is 0 Å². The molecule has 0 spiro atoms. The summed E-state index contributed by atoms with van der Waals surface area (Å²) in [5.74, 6) is 0. The first-order valence-electron chi connectivity index (χ1n) is 7.97. The van der Waals surface area contributed by atoms with Gasteiger partial charge in [-0.15, -0.1) is 0 Å². The van der Waals surface area contributed by atoms with Crippen LogP contribution in [-0.2, 0) is 16.0 Å². The maximum absolute atomic E-state index is 6.03. The van der Waals surface area contributed by atoms with Crippen LogP contribution in [0, 0.1) is 12.3 Å². The van der Waals surface area contributed by atoms with Crippen LogP contribution < -0.4 is 0 Å². The number of piperidine rings is 1. The van der Waals surface area contributed by atoms with Gasteiger partial charge in [-0.25, -0.2) is 0 Å². The molecular formula is C17H26N2O2. The number of likely N-dealkylation sites (tertiary alicyclic amines) is 1. The highest BCUT2D eigenvalue weighted by Crippen LogP contribution is 2.40. The molecule has 2 fully saturated rings. The molecule has 2 aliphatic rings. The Morgan fingerprint density at radius 3 is 3.19 bits per heavy atom. The maximum atomic E-state index is 6.03. The minimum Gasteiger partial charge on any atom is -0.384 e. The predicted molar refractivity (Wildman–Crippen MR) is 82.2 cm³/mol. The van der Waals surface area contributed by atoms with Gasteiger partial charge in [0.2, 0.25) is 0 Å². The molecule has 1 aromatic heterocycles. The van der Waals surface area contributed by atoms with Crippen molar-refractivity contribution >= 4 is 0 Å². The lowest BCUT2D eigenvalue weighted by Crippen LogP contribution is -2.56. The van der Waals surface area contributed by atoms with Crippen molar-refractivity contribution < 1.29 is 9.47 Å². The first kappa shape index (κ1) is 14.9. The molecule has 0 aliphatic carbocycles. The topological polar surface area (TPSA) is 34.6 Å². The van der Waals surface area contributed by atoms with E-state index in [0.717, 1.165) is 57.1 Å². The second kappa shape index (κ2) is 6.42. The van der Waals surface area contributed by atoms with Gasteiger partial charge in [-0.05, 0) is 38.3 Å². The zero-order valence-electron chi connectivity index (χ0n) is 13.2. The van der Waals surface area contributed by atoms with Crippen molar-refractivity contribution in [3.8, 4) is 0 Å². The number of nitrogens with zero attached hydrogens (tertiary/aromatic N) is 2. The van der Waals surface area contributed by atoms with Crippen LogP contribution in [0.25, 0.3) is 0 Å². The van der Waals surface area contributed by atoms with E-state index in [4.69, 9.17) is 9.47 Å². The maximum Gasteiger partial charge on any atom is 0.0677 e. The third-order valence-corrected chi connectivity index (χ3v) is 4.83. The molecule has 0 unspecified atom stereocenters. The van der Waals surface area contributed by atoms with Crippen molar-refractivity contribution in [2.45, 2.75) is 38.8 Å². The molecule has 1 aromatic rings. The summed E-state index contributed by atoms with van der Waals surface area (Å²) in [7, 11) is 1.81. The van der Waals surface area contributed by atoms with E-state index in [1.54, 1.807) is 0 Å². The lowest BCUT2D eigenvalue weighted by molar-refractivity contribution is -0.149. The summed E-state index contributed by atoms with van der Waals surface area (Å²) in [6.07, 6.45) is 3.84. The molecule has 0 bridgehead atoms. The number of aryl methyl sites for hydroxylation is 1. The van der Waals surface area contributed by atoms with Gasteiger partial charge in [-0.3, -0.25) is 9.88 Å². The fraction of sp³-hybridized carbons (Fsp3) is 0.706. The molecule has 116 valence electrons. The molecule has 0 radical (unpaired) electrons. The molecule has 4 heteroatoms. The van der Waals surface area contributed by atoms with Crippen LogP contribution in [0.15, 0.2) is 18.2 Å². The molecule has 0 aromatic carbocycles. The summed E-state index contributed by atoms with van der Waals surface area (Å²) in [5, 5.41) is 0.